The fraction of sp³-hybridized carbons (Fsp3) is 0.348. The largest absolute Gasteiger partial charge is 0.489 e. The molecular formula is C23H24N2O5S. The molecule has 162 valence electrons. The van der Waals surface area contributed by atoms with Crippen molar-refractivity contribution in [2.45, 2.75) is 25.7 Å². The van der Waals surface area contributed by atoms with E-state index < -0.39 is 6.09 Å². The molecule has 7 nitrogen and oxygen atoms in total. The van der Waals surface area contributed by atoms with Crippen LogP contribution in [0.3, 0.4) is 0 Å². The summed E-state index contributed by atoms with van der Waals surface area (Å²) in [5.41, 5.74) is -0.0587. The number of ether oxygens (including phenoxy) is 2. The first-order chi connectivity index (χ1) is 15.2. The molecule has 0 atom stereocenters. The minimum atomic E-state index is -0.496. The molecule has 0 bridgehead atoms. The van der Waals surface area contributed by atoms with Gasteiger partial charge in [-0.25, -0.2) is 14.6 Å². The van der Waals surface area contributed by atoms with Crippen molar-refractivity contribution >= 4 is 43.7 Å². The van der Waals surface area contributed by atoms with Crippen LogP contribution in [0.5, 0.6) is 5.75 Å². The van der Waals surface area contributed by atoms with Crippen molar-refractivity contribution < 1.29 is 19.1 Å². The molecule has 31 heavy (non-hydrogen) atoms. The molecule has 0 saturated carbocycles. The number of benzene rings is 2. The fourth-order valence-corrected chi connectivity index (χ4v) is 4.28. The number of nitrogens with zero attached hydrogens (tertiary/aromatic N) is 1. The molecule has 0 fully saturated rings. The Kier molecular flexibility index (Phi) is 8.58. The summed E-state index contributed by atoms with van der Waals surface area (Å²) in [7, 11) is 0. The maximum Gasteiger partial charge on any atom is 0.407 e. The number of hydrogen-bond acceptors (Lipinski definition) is 7. The zero-order valence-corrected chi connectivity index (χ0v) is 17.9. The van der Waals surface area contributed by atoms with Crippen molar-refractivity contribution in [2.24, 2.45) is 4.99 Å². The highest BCUT2D eigenvalue weighted by Gasteiger charge is 2.11. The van der Waals surface area contributed by atoms with Crippen molar-refractivity contribution in [3.63, 3.8) is 0 Å². The molecule has 0 aliphatic carbocycles. The quantitative estimate of drug-likeness (QED) is 0.206. The normalized spacial score (nSPS) is 10.6. The Bertz CT molecular complexity index is 1140. The molecule has 0 unspecified atom stereocenters. The number of rotatable bonds is 11. The third-order valence-electron chi connectivity index (χ3n) is 4.67. The van der Waals surface area contributed by atoms with Crippen LogP contribution >= 0.6 is 11.3 Å². The van der Waals surface area contributed by atoms with E-state index in [0.29, 0.717) is 29.6 Å². The van der Waals surface area contributed by atoms with Crippen molar-refractivity contribution in [2.75, 3.05) is 26.3 Å². The number of unbranched alkanes of at least 4 members (excludes halogenated alkanes) is 3. The number of carbonyl (C=O) groups is 1. The number of carbonyl (C=O) groups excluding carboxylic acids is 2. The van der Waals surface area contributed by atoms with E-state index in [0.717, 1.165) is 35.1 Å². The summed E-state index contributed by atoms with van der Waals surface area (Å²) < 4.78 is 12.7. The molecule has 8 heteroatoms. The molecule has 0 aliphatic heterocycles. The lowest BCUT2D eigenvalue weighted by Gasteiger charge is -2.10. The highest BCUT2D eigenvalue weighted by atomic mass is 32.1. The van der Waals surface area contributed by atoms with Gasteiger partial charge in [0, 0.05) is 21.3 Å². The average molecular weight is 441 g/mol. The van der Waals surface area contributed by atoms with Gasteiger partial charge in [0.25, 0.3) is 0 Å². The number of amides is 1. The van der Waals surface area contributed by atoms with Crippen LogP contribution in [0.15, 0.2) is 52.3 Å². The Balaban J connectivity index is 1.44. The van der Waals surface area contributed by atoms with Gasteiger partial charge >= 0.3 is 6.09 Å². The second-order valence-electron chi connectivity index (χ2n) is 6.86. The number of alkyl carbamates (subject to hydrolysis) is 1. The van der Waals surface area contributed by atoms with E-state index in [9.17, 15) is 14.4 Å². The van der Waals surface area contributed by atoms with Crippen LogP contribution in [0.1, 0.15) is 25.7 Å². The number of fused-ring (bicyclic) bond motifs is 2. The Hall–Kier alpha value is -3.22. The maximum absolute atomic E-state index is 12.9. The van der Waals surface area contributed by atoms with Gasteiger partial charge in [0.15, 0.2) is 5.43 Å². The van der Waals surface area contributed by atoms with Gasteiger partial charge in [-0.1, -0.05) is 31.0 Å². The van der Waals surface area contributed by atoms with Crippen molar-refractivity contribution in [3.8, 4) is 5.75 Å². The van der Waals surface area contributed by atoms with E-state index in [1.807, 2.05) is 36.4 Å². The lowest BCUT2D eigenvalue weighted by molar-refractivity contribution is 0.125. The molecule has 1 N–H and O–H groups in total. The monoisotopic (exact) mass is 440 g/mol. The summed E-state index contributed by atoms with van der Waals surface area (Å²) in [5, 5.41) is 3.91. The Labute approximate surface area is 183 Å². The van der Waals surface area contributed by atoms with Crippen LogP contribution in [0, 0.1) is 0 Å². The van der Waals surface area contributed by atoms with Crippen LogP contribution < -0.4 is 15.5 Å². The summed E-state index contributed by atoms with van der Waals surface area (Å²) in [6.07, 6.45) is 4.57. The molecule has 2 aromatic carbocycles. The number of hydrogen-bond donors (Lipinski definition) is 1. The molecule has 3 aromatic rings. The lowest BCUT2D eigenvalue weighted by Crippen LogP contribution is -2.27. The molecule has 1 amide bonds. The van der Waals surface area contributed by atoms with E-state index in [1.165, 1.54) is 6.08 Å². The topological polar surface area (TPSA) is 94.1 Å². The Morgan fingerprint density at radius 2 is 1.81 bits per heavy atom. The molecule has 0 aliphatic rings. The minimum Gasteiger partial charge on any atom is -0.489 e. The van der Waals surface area contributed by atoms with Gasteiger partial charge in [-0.2, -0.15) is 0 Å². The molecule has 1 heterocycles. The number of nitrogens with one attached hydrogen (secondary N) is 1. The molecular weight excluding hydrogens is 416 g/mol. The van der Waals surface area contributed by atoms with Crippen LogP contribution in [-0.4, -0.2) is 38.5 Å². The lowest BCUT2D eigenvalue weighted by atomic mass is 10.1. The third kappa shape index (κ3) is 6.38. The Morgan fingerprint density at radius 3 is 2.68 bits per heavy atom. The Morgan fingerprint density at radius 1 is 1.00 bits per heavy atom. The smallest absolute Gasteiger partial charge is 0.407 e. The van der Waals surface area contributed by atoms with E-state index >= 15 is 0 Å². The standard InChI is InChI=1S/C23H24N2O5S/c26-16-24-12-5-1-2-6-13-25-23(28)30-15-14-29-18-9-7-11-20-21(18)22(27)17-8-3-4-10-19(17)31-20/h3-4,7-11H,1-2,5-6,12-15H2,(H,25,28). The SMILES string of the molecule is O=C=NCCCCCCNC(=O)OCCOc1cccc2sc3ccccc3c(=O)c12. The number of aliphatic imine (C=N–C) groups is 1. The van der Waals surface area contributed by atoms with Gasteiger partial charge in [0.2, 0.25) is 6.08 Å². The second kappa shape index (κ2) is 11.8. The first-order valence-corrected chi connectivity index (χ1v) is 11.0. The summed E-state index contributed by atoms with van der Waals surface area (Å²) >= 11 is 1.54. The maximum atomic E-state index is 12.9. The number of isocyanates is 1. The van der Waals surface area contributed by atoms with Gasteiger partial charge in [-0.3, -0.25) is 4.79 Å². The third-order valence-corrected chi connectivity index (χ3v) is 5.81. The summed E-state index contributed by atoms with van der Waals surface area (Å²) in [6, 6.07) is 13.0. The first-order valence-electron chi connectivity index (χ1n) is 10.2. The van der Waals surface area contributed by atoms with Gasteiger partial charge < -0.3 is 14.8 Å². The minimum absolute atomic E-state index is 0.0587. The zero-order chi connectivity index (χ0) is 21.9. The molecule has 3 rings (SSSR count). The van der Waals surface area contributed by atoms with Gasteiger partial charge in [-0.05, 0) is 37.1 Å². The van der Waals surface area contributed by atoms with Gasteiger partial charge in [0.1, 0.15) is 19.0 Å². The summed E-state index contributed by atoms with van der Waals surface area (Å²) in [6.45, 7) is 1.26. The van der Waals surface area contributed by atoms with Crippen molar-refractivity contribution in [3.05, 3.63) is 52.7 Å². The molecule has 0 saturated heterocycles. The van der Waals surface area contributed by atoms with Crippen molar-refractivity contribution in [1.29, 1.82) is 0 Å². The van der Waals surface area contributed by atoms with E-state index in [4.69, 9.17) is 9.47 Å². The zero-order valence-electron chi connectivity index (χ0n) is 17.1. The fourth-order valence-electron chi connectivity index (χ4n) is 3.18. The van der Waals surface area contributed by atoms with Crippen LogP contribution in [0.4, 0.5) is 4.79 Å². The van der Waals surface area contributed by atoms with Crippen LogP contribution in [-0.2, 0) is 9.53 Å². The van der Waals surface area contributed by atoms with E-state index in [1.54, 1.807) is 17.4 Å². The highest BCUT2D eigenvalue weighted by molar-refractivity contribution is 7.24. The highest BCUT2D eigenvalue weighted by Crippen LogP contribution is 2.30. The molecule has 0 spiro atoms. The second-order valence-corrected chi connectivity index (χ2v) is 7.94. The van der Waals surface area contributed by atoms with Gasteiger partial charge in [-0.15, -0.1) is 11.3 Å². The molecule has 1 aromatic heterocycles. The summed E-state index contributed by atoms with van der Waals surface area (Å²) in [4.78, 5) is 38.1. The van der Waals surface area contributed by atoms with Crippen LogP contribution in [0.2, 0.25) is 0 Å². The van der Waals surface area contributed by atoms with E-state index in [2.05, 4.69) is 10.3 Å². The van der Waals surface area contributed by atoms with Crippen molar-refractivity contribution in [1.82, 2.24) is 5.32 Å². The van der Waals surface area contributed by atoms with E-state index in [-0.39, 0.29) is 18.6 Å². The predicted octanol–water partition coefficient (Wildman–Crippen LogP) is 4.42. The van der Waals surface area contributed by atoms with Gasteiger partial charge in [0.05, 0.1) is 11.9 Å². The molecule has 0 radical (unpaired) electrons. The van der Waals surface area contributed by atoms with Crippen LogP contribution in [0.25, 0.3) is 20.2 Å². The predicted molar refractivity (Wildman–Crippen MR) is 122 cm³/mol. The average Bonchev–Trinajstić information content (AvgIpc) is 2.78. The summed E-state index contributed by atoms with van der Waals surface area (Å²) in [5.74, 6) is 0.493. The first kappa shape index (κ1) is 22.5.